The van der Waals surface area contributed by atoms with Crippen LogP contribution >= 0.6 is 0 Å². The summed E-state index contributed by atoms with van der Waals surface area (Å²) < 4.78 is 63.6. The molecule has 186 valence electrons. The third-order valence-electron chi connectivity index (χ3n) is 5.73. The standard InChI is InChI=1S/C22H26F3N3O5S/c1-13(2)34(32,33)28-11-22(31,12-28)18-8-7-16(10-26-18)14-3-5-15(6-4-14)19(29)17(9-23)27-21(30)20(24)25/h3-8,10,13,17,19-20,29,31H,9,11-12H2,1-2H3,(H,27,30)/t17-,19+/m1/s1. The maximum atomic E-state index is 13.2. The van der Waals surface area contributed by atoms with Gasteiger partial charge in [-0.25, -0.2) is 12.8 Å². The highest BCUT2D eigenvalue weighted by atomic mass is 32.2. The molecule has 0 bridgehead atoms. The van der Waals surface area contributed by atoms with Crippen molar-refractivity contribution in [2.75, 3.05) is 19.8 Å². The number of aliphatic hydroxyl groups is 2. The highest BCUT2D eigenvalue weighted by Crippen LogP contribution is 2.34. The minimum Gasteiger partial charge on any atom is -0.386 e. The van der Waals surface area contributed by atoms with E-state index in [1.165, 1.54) is 22.6 Å². The van der Waals surface area contributed by atoms with Gasteiger partial charge in [-0.2, -0.15) is 13.1 Å². The molecule has 2 atom stereocenters. The van der Waals surface area contributed by atoms with Gasteiger partial charge in [0.05, 0.1) is 17.0 Å². The molecule has 0 radical (unpaired) electrons. The van der Waals surface area contributed by atoms with Crippen LogP contribution < -0.4 is 5.32 Å². The third-order valence-corrected chi connectivity index (χ3v) is 7.90. The van der Waals surface area contributed by atoms with Crippen molar-refractivity contribution in [3.63, 3.8) is 0 Å². The number of nitrogens with one attached hydrogen (secondary N) is 1. The molecule has 2 aromatic rings. The van der Waals surface area contributed by atoms with E-state index in [4.69, 9.17) is 0 Å². The molecule has 0 unspecified atom stereocenters. The van der Waals surface area contributed by atoms with Crippen LogP contribution in [0.2, 0.25) is 0 Å². The highest BCUT2D eigenvalue weighted by Gasteiger charge is 2.49. The summed E-state index contributed by atoms with van der Waals surface area (Å²) >= 11 is 0. The normalized spacial score (nSPS) is 17.9. The number of amides is 1. The lowest BCUT2D eigenvalue weighted by molar-refractivity contribution is -0.133. The minimum absolute atomic E-state index is 0.0791. The van der Waals surface area contributed by atoms with Gasteiger partial charge in [-0.3, -0.25) is 9.78 Å². The van der Waals surface area contributed by atoms with Crippen molar-refractivity contribution >= 4 is 15.9 Å². The number of carbonyl (C=O) groups is 1. The molecule has 34 heavy (non-hydrogen) atoms. The van der Waals surface area contributed by atoms with Crippen LogP contribution in [0.25, 0.3) is 11.1 Å². The van der Waals surface area contributed by atoms with Crippen LogP contribution in [0.4, 0.5) is 13.2 Å². The Labute approximate surface area is 195 Å². The van der Waals surface area contributed by atoms with Gasteiger partial charge in [0.15, 0.2) is 0 Å². The number of hydrogen-bond donors (Lipinski definition) is 3. The van der Waals surface area contributed by atoms with Gasteiger partial charge < -0.3 is 15.5 Å². The Kier molecular flexibility index (Phi) is 7.65. The summed E-state index contributed by atoms with van der Waals surface area (Å²) in [5.41, 5.74) is 0.513. The number of aliphatic hydroxyl groups excluding tert-OH is 1. The van der Waals surface area contributed by atoms with Crippen LogP contribution in [0.1, 0.15) is 31.2 Å². The first kappa shape index (κ1) is 26.1. The molecule has 1 aromatic heterocycles. The van der Waals surface area contributed by atoms with Gasteiger partial charge in [-0.05, 0) is 31.0 Å². The average Bonchev–Trinajstić information content (AvgIpc) is 2.79. The predicted octanol–water partition coefficient (Wildman–Crippen LogP) is 1.74. The summed E-state index contributed by atoms with van der Waals surface area (Å²) in [6, 6.07) is 7.92. The lowest BCUT2D eigenvalue weighted by Crippen LogP contribution is -2.62. The van der Waals surface area contributed by atoms with Crippen LogP contribution in [0.3, 0.4) is 0 Å². The zero-order valence-corrected chi connectivity index (χ0v) is 19.3. The van der Waals surface area contributed by atoms with Crippen molar-refractivity contribution in [1.29, 1.82) is 0 Å². The van der Waals surface area contributed by atoms with Crippen molar-refractivity contribution < 1.29 is 36.6 Å². The molecule has 3 rings (SSSR count). The van der Waals surface area contributed by atoms with Gasteiger partial charge in [0, 0.05) is 24.8 Å². The predicted molar refractivity (Wildman–Crippen MR) is 118 cm³/mol. The Hall–Kier alpha value is -2.54. The first-order valence-electron chi connectivity index (χ1n) is 10.5. The average molecular weight is 502 g/mol. The Bertz CT molecular complexity index is 1110. The first-order chi connectivity index (χ1) is 15.9. The van der Waals surface area contributed by atoms with Gasteiger partial charge in [0.2, 0.25) is 10.0 Å². The summed E-state index contributed by atoms with van der Waals surface area (Å²) in [6.07, 6.45) is -3.34. The number of benzene rings is 1. The fourth-order valence-corrected chi connectivity index (χ4v) is 4.95. The molecule has 1 aromatic carbocycles. The summed E-state index contributed by atoms with van der Waals surface area (Å²) in [4.78, 5) is 15.4. The first-order valence-corrected chi connectivity index (χ1v) is 12.0. The Morgan fingerprint density at radius 3 is 2.21 bits per heavy atom. The molecule has 0 aliphatic carbocycles. The molecular weight excluding hydrogens is 475 g/mol. The van der Waals surface area contributed by atoms with Crippen molar-refractivity contribution in [3.8, 4) is 11.1 Å². The van der Waals surface area contributed by atoms with E-state index in [9.17, 15) is 36.6 Å². The molecule has 1 saturated heterocycles. The second-order valence-electron chi connectivity index (χ2n) is 8.46. The molecule has 1 aliphatic heterocycles. The molecule has 0 spiro atoms. The van der Waals surface area contributed by atoms with E-state index >= 15 is 0 Å². The minimum atomic E-state index is -3.46. The number of carbonyl (C=O) groups excluding carboxylic acids is 1. The lowest BCUT2D eigenvalue weighted by atomic mass is 9.92. The molecule has 1 fully saturated rings. The summed E-state index contributed by atoms with van der Waals surface area (Å²) in [7, 11) is -3.46. The Morgan fingerprint density at radius 1 is 1.15 bits per heavy atom. The molecule has 2 heterocycles. The number of halogens is 3. The topological polar surface area (TPSA) is 120 Å². The number of aromatic nitrogens is 1. The van der Waals surface area contributed by atoms with Crippen LogP contribution in [0.15, 0.2) is 42.6 Å². The van der Waals surface area contributed by atoms with Crippen LogP contribution in [-0.2, 0) is 20.4 Å². The molecule has 0 saturated carbocycles. The number of rotatable bonds is 9. The summed E-state index contributed by atoms with van der Waals surface area (Å²) in [5, 5.41) is 22.2. The quantitative estimate of drug-likeness (QED) is 0.482. The van der Waals surface area contributed by atoms with E-state index in [0.717, 1.165) is 0 Å². The summed E-state index contributed by atoms with van der Waals surface area (Å²) in [6.45, 7) is 1.75. The van der Waals surface area contributed by atoms with Crippen LogP contribution in [0, 0.1) is 0 Å². The van der Waals surface area contributed by atoms with Gasteiger partial charge in [-0.1, -0.05) is 30.3 Å². The third kappa shape index (κ3) is 5.24. The summed E-state index contributed by atoms with van der Waals surface area (Å²) in [5.74, 6) is -1.66. The molecule has 3 N–H and O–H groups in total. The van der Waals surface area contributed by atoms with Crippen molar-refractivity contribution in [2.24, 2.45) is 0 Å². The molecule has 1 aliphatic rings. The van der Waals surface area contributed by atoms with Gasteiger partial charge in [0.25, 0.3) is 5.91 Å². The van der Waals surface area contributed by atoms with E-state index in [0.29, 0.717) is 16.8 Å². The van der Waals surface area contributed by atoms with Crippen molar-refractivity contribution in [3.05, 3.63) is 53.9 Å². The fraction of sp³-hybridized carbons (Fsp3) is 0.455. The Balaban J connectivity index is 1.68. The zero-order valence-electron chi connectivity index (χ0n) is 18.5. The van der Waals surface area contributed by atoms with E-state index < -0.39 is 52.0 Å². The van der Waals surface area contributed by atoms with Gasteiger partial charge >= 0.3 is 6.43 Å². The van der Waals surface area contributed by atoms with Crippen molar-refractivity contribution in [2.45, 2.75) is 43.3 Å². The number of nitrogens with zero attached hydrogens (tertiary/aromatic N) is 2. The van der Waals surface area contributed by atoms with Gasteiger partial charge in [-0.15, -0.1) is 0 Å². The molecule has 8 nitrogen and oxygen atoms in total. The second-order valence-corrected chi connectivity index (χ2v) is 11.0. The van der Waals surface area contributed by atoms with Crippen molar-refractivity contribution in [1.82, 2.24) is 14.6 Å². The second kappa shape index (κ2) is 9.98. The molecule has 12 heteroatoms. The highest BCUT2D eigenvalue weighted by molar-refractivity contribution is 7.89. The van der Waals surface area contributed by atoms with Crippen LogP contribution in [0.5, 0.6) is 0 Å². The maximum Gasteiger partial charge on any atom is 0.315 e. The monoisotopic (exact) mass is 501 g/mol. The number of alkyl halides is 3. The molecule has 1 amide bonds. The molecular formula is C22H26F3N3O5S. The number of sulfonamides is 1. The lowest BCUT2D eigenvalue weighted by Gasteiger charge is -2.45. The van der Waals surface area contributed by atoms with Crippen LogP contribution in [-0.4, -0.2) is 71.3 Å². The van der Waals surface area contributed by atoms with E-state index in [1.54, 1.807) is 43.4 Å². The van der Waals surface area contributed by atoms with E-state index in [2.05, 4.69) is 4.98 Å². The number of β-amino-alcohol motifs (C(OH)–C–C–N with tert-alkyl or cyclic N) is 1. The smallest absolute Gasteiger partial charge is 0.315 e. The Morgan fingerprint density at radius 2 is 1.74 bits per heavy atom. The number of hydrogen-bond acceptors (Lipinski definition) is 6. The maximum absolute atomic E-state index is 13.2. The number of pyridine rings is 1. The van der Waals surface area contributed by atoms with E-state index in [-0.39, 0.29) is 18.7 Å². The SMILES string of the molecule is CC(C)S(=O)(=O)N1CC(O)(c2ccc(-c3ccc([C@H](O)[C@@H](CF)NC(=O)C(F)F)cc3)cn2)C1. The fourth-order valence-electron chi connectivity index (χ4n) is 3.57. The van der Waals surface area contributed by atoms with Gasteiger partial charge in [0.1, 0.15) is 18.4 Å². The van der Waals surface area contributed by atoms with E-state index in [1.807, 2.05) is 0 Å². The largest absolute Gasteiger partial charge is 0.386 e. The zero-order chi connectivity index (χ0) is 25.3.